The Labute approximate surface area is 131 Å². The molecule has 2 N–H and O–H groups in total. The molecule has 112 valence electrons. The van der Waals surface area contributed by atoms with Crippen molar-refractivity contribution in [1.29, 1.82) is 0 Å². The summed E-state index contributed by atoms with van der Waals surface area (Å²) in [7, 11) is 0. The molecule has 1 aromatic rings. The topological polar surface area (TPSA) is 45.2 Å². The minimum atomic E-state index is -0.141. The van der Waals surface area contributed by atoms with E-state index in [-0.39, 0.29) is 11.5 Å². The highest BCUT2D eigenvalue weighted by molar-refractivity contribution is 6.29. The monoisotopic (exact) mass is 304 g/mol. The minimum Gasteiger partial charge on any atom is -0.393 e. The third-order valence-corrected chi connectivity index (χ3v) is 4.63. The SMILES string of the molecule is CC1(C#Cc2cnc(Cl)cc2NC2CCC(O)CC2)CC1. The van der Waals surface area contributed by atoms with Crippen LogP contribution in [-0.4, -0.2) is 22.2 Å². The summed E-state index contributed by atoms with van der Waals surface area (Å²) in [5, 5.41) is 13.6. The third kappa shape index (κ3) is 3.90. The van der Waals surface area contributed by atoms with E-state index < -0.39 is 0 Å². The first-order chi connectivity index (χ1) is 10.0. The molecule has 0 aliphatic heterocycles. The largest absolute Gasteiger partial charge is 0.393 e. The van der Waals surface area contributed by atoms with Crippen molar-refractivity contribution in [3.05, 3.63) is 23.0 Å². The lowest BCUT2D eigenvalue weighted by Crippen LogP contribution is -2.28. The molecule has 0 atom stereocenters. The van der Waals surface area contributed by atoms with Crippen LogP contribution in [0.2, 0.25) is 5.15 Å². The summed E-state index contributed by atoms with van der Waals surface area (Å²) in [6, 6.07) is 2.23. The van der Waals surface area contributed by atoms with Gasteiger partial charge in [-0.25, -0.2) is 4.98 Å². The van der Waals surface area contributed by atoms with Crippen LogP contribution in [0, 0.1) is 17.3 Å². The number of nitrogens with one attached hydrogen (secondary N) is 1. The molecular weight excluding hydrogens is 284 g/mol. The van der Waals surface area contributed by atoms with Crippen molar-refractivity contribution >= 4 is 17.3 Å². The van der Waals surface area contributed by atoms with Crippen LogP contribution in [0.5, 0.6) is 0 Å². The standard InChI is InChI=1S/C17H21ClN2O/c1-17(8-9-17)7-6-12-11-19-16(18)10-15(12)20-13-2-4-14(21)5-3-13/h10-11,13-14,21H,2-5,8-9H2,1H3,(H,19,20). The van der Waals surface area contributed by atoms with Crippen molar-refractivity contribution in [2.75, 3.05) is 5.32 Å². The highest BCUT2D eigenvalue weighted by atomic mass is 35.5. The Kier molecular flexibility index (Phi) is 4.10. The molecule has 0 aromatic carbocycles. The molecule has 4 heteroatoms. The van der Waals surface area contributed by atoms with Gasteiger partial charge >= 0.3 is 0 Å². The van der Waals surface area contributed by atoms with E-state index in [1.165, 1.54) is 12.8 Å². The molecule has 2 saturated carbocycles. The maximum atomic E-state index is 9.59. The average Bonchev–Trinajstić information content (AvgIpc) is 3.19. The Morgan fingerprint density at radius 2 is 2.05 bits per heavy atom. The van der Waals surface area contributed by atoms with Crippen molar-refractivity contribution < 1.29 is 5.11 Å². The fourth-order valence-corrected chi connectivity index (χ4v) is 2.78. The predicted molar refractivity (Wildman–Crippen MR) is 85.4 cm³/mol. The van der Waals surface area contributed by atoms with Crippen LogP contribution in [0.3, 0.4) is 0 Å². The number of anilines is 1. The molecule has 0 radical (unpaired) electrons. The number of aliphatic hydroxyl groups is 1. The van der Waals surface area contributed by atoms with E-state index in [4.69, 9.17) is 11.6 Å². The van der Waals surface area contributed by atoms with Crippen molar-refractivity contribution in [1.82, 2.24) is 4.98 Å². The number of aliphatic hydroxyl groups excluding tert-OH is 1. The van der Waals surface area contributed by atoms with Gasteiger partial charge in [0.1, 0.15) is 5.15 Å². The van der Waals surface area contributed by atoms with E-state index in [1.54, 1.807) is 6.20 Å². The van der Waals surface area contributed by atoms with E-state index in [1.807, 2.05) is 6.07 Å². The third-order valence-electron chi connectivity index (χ3n) is 4.43. The Morgan fingerprint density at radius 3 is 2.71 bits per heavy atom. The molecule has 2 aliphatic rings. The molecule has 0 bridgehead atoms. The molecule has 2 aliphatic carbocycles. The van der Waals surface area contributed by atoms with E-state index in [9.17, 15) is 5.11 Å². The van der Waals surface area contributed by atoms with Crippen LogP contribution in [0.1, 0.15) is 51.0 Å². The molecule has 3 nitrogen and oxygen atoms in total. The first-order valence-corrected chi connectivity index (χ1v) is 8.05. The molecular formula is C17H21ClN2O. The minimum absolute atomic E-state index is 0.141. The van der Waals surface area contributed by atoms with Crippen LogP contribution >= 0.6 is 11.6 Å². The van der Waals surface area contributed by atoms with Crippen LogP contribution in [-0.2, 0) is 0 Å². The number of pyridine rings is 1. The summed E-state index contributed by atoms with van der Waals surface area (Å²) in [5.74, 6) is 6.60. The fourth-order valence-electron chi connectivity index (χ4n) is 2.62. The molecule has 0 spiro atoms. The molecule has 0 unspecified atom stereocenters. The summed E-state index contributed by atoms with van der Waals surface area (Å²) in [4.78, 5) is 4.15. The van der Waals surface area contributed by atoms with Gasteiger partial charge in [0.05, 0.1) is 17.4 Å². The molecule has 1 aromatic heterocycles. The van der Waals surface area contributed by atoms with Gasteiger partial charge in [-0.2, -0.15) is 0 Å². The predicted octanol–water partition coefficient (Wildman–Crippen LogP) is 3.60. The maximum absolute atomic E-state index is 9.59. The summed E-state index contributed by atoms with van der Waals surface area (Å²) < 4.78 is 0. The molecule has 1 heterocycles. The van der Waals surface area contributed by atoms with Crippen molar-refractivity contribution in [2.24, 2.45) is 5.41 Å². The Hall–Kier alpha value is -1.24. The maximum Gasteiger partial charge on any atom is 0.131 e. The quantitative estimate of drug-likeness (QED) is 0.648. The number of aromatic nitrogens is 1. The Bertz CT molecular complexity index is 578. The van der Waals surface area contributed by atoms with Gasteiger partial charge in [0.15, 0.2) is 0 Å². The molecule has 0 amide bonds. The van der Waals surface area contributed by atoms with Gasteiger partial charge < -0.3 is 10.4 Å². The normalized spacial score (nSPS) is 26.6. The van der Waals surface area contributed by atoms with Crippen LogP contribution < -0.4 is 5.32 Å². The van der Waals surface area contributed by atoms with Gasteiger partial charge in [-0.05, 0) is 51.5 Å². The van der Waals surface area contributed by atoms with E-state index in [0.29, 0.717) is 11.2 Å². The van der Waals surface area contributed by atoms with Gasteiger partial charge in [-0.15, -0.1) is 0 Å². The van der Waals surface area contributed by atoms with Crippen molar-refractivity contribution in [2.45, 2.75) is 57.6 Å². The Morgan fingerprint density at radius 1 is 1.33 bits per heavy atom. The first-order valence-electron chi connectivity index (χ1n) is 7.67. The van der Waals surface area contributed by atoms with Crippen LogP contribution in [0.15, 0.2) is 12.3 Å². The molecule has 0 saturated heterocycles. The van der Waals surface area contributed by atoms with Gasteiger partial charge in [0, 0.05) is 17.7 Å². The van der Waals surface area contributed by atoms with E-state index in [2.05, 4.69) is 29.1 Å². The number of hydrogen-bond donors (Lipinski definition) is 2. The van der Waals surface area contributed by atoms with Crippen molar-refractivity contribution in [3.8, 4) is 11.8 Å². The number of halogens is 1. The summed E-state index contributed by atoms with van der Waals surface area (Å²) in [5.41, 5.74) is 2.08. The second-order valence-electron chi connectivity index (χ2n) is 6.51. The lowest BCUT2D eigenvalue weighted by Gasteiger charge is -2.27. The van der Waals surface area contributed by atoms with Crippen LogP contribution in [0.25, 0.3) is 0 Å². The highest BCUT2D eigenvalue weighted by Gasteiger charge is 2.35. The van der Waals surface area contributed by atoms with E-state index >= 15 is 0 Å². The smallest absolute Gasteiger partial charge is 0.131 e. The molecule has 3 rings (SSSR count). The molecule has 2 fully saturated rings. The average molecular weight is 305 g/mol. The zero-order chi connectivity index (χ0) is 14.9. The zero-order valence-electron chi connectivity index (χ0n) is 12.3. The second-order valence-corrected chi connectivity index (χ2v) is 6.90. The van der Waals surface area contributed by atoms with Gasteiger partial charge in [0.2, 0.25) is 0 Å². The Balaban J connectivity index is 1.76. The van der Waals surface area contributed by atoms with E-state index in [0.717, 1.165) is 36.9 Å². The zero-order valence-corrected chi connectivity index (χ0v) is 13.1. The van der Waals surface area contributed by atoms with Gasteiger partial charge in [-0.1, -0.05) is 23.4 Å². The lowest BCUT2D eigenvalue weighted by molar-refractivity contribution is 0.126. The lowest BCUT2D eigenvalue weighted by atomic mass is 9.93. The molecule has 21 heavy (non-hydrogen) atoms. The summed E-state index contributed by atoms with van der Waals surface area (Å²) in [6.07, 6.45) is 7.65. The number of hydrogen-bond acceptors (Lipinski definition) is 3. The highest BCUT2D eigenvalue weighted by Crippen LogP contribution is 2.44. The number of rotatable bonds is 2. The number of nitrogens with zero attached hydrogens (tertiary/aromatic N) is 1. The van der Waals surface area contributed by atoms with Gasteiger partial charge in [0.25, 0.3) is 0 Å². The summed E-state index contributed by atoms with van der Waals surface area (Å²) in [6.45, 7) is 2.19. The van der Waals surface area contributed by atoms with Crippen LogP contribution in [0.4, 0.5) is 5.69 Å². The van der Waals surface area contributed by atoms with Crippen molar-refractivity contribution in [3.63, 3.8) is 0 Å². The second kappa shape index (κ2) is 5.87. The fraction of sp³-hybridized carbons (Fsp3) is 0.588. The summed E-state index contributed by atoms with van der Waals surface area (Å²) >= 11 is 6.02. The first kappa shape index (κ1) is 14.7. The van der Waals surface area contributed by atoms with Gasteiger partial charge in [-0.3, -0.25) is 0 Å².